The minimum Gasteiger partial charge on any atom is -0.371 e. The van der Waals surface area contributed by atoms with Gasteiger partial charge in [-0.1, -0.05) is 12.1 Å². The third-order valence-corrected chi connectivity index (χ3v) is 5.85. The molecule has 0 aliphatic carbocycles. The fraction of sp³-hybridized carbons (Fsp3) is 0.389. The second-order valence-electron chi connectivity index (χ2n) is 6.13. The highest BCUT2D eigenvalue weighted by Gasteiger charge is 2.24. The molecule has 25 heavy (non-hydrogen) atoms. The van der Waals surface area contributed by atoms with Gasteiger partial charge in [-0.05, 0) is 39.7 Å². The number of hydrogen-bond donors (Lipinski definition) is 0. The van der Waals surface area contributed by atoms with Crippen molar-refractivity contribution in [1.82, 2.24) is 9.80 Å². The van der Waals surface area contributed by atoms with Gasteiger partial charge < -0.3 is 9.64 Å². The molecule has 0 N–H and O–H groups in total. The van der Waals surface area contributed by atoms with Crippen molar-refractivity contribution in [3.63, 3.8) is 0 Å². The summed E-state index contributed by atoms with van der Waals surface area (Å²) in [4.78, 5) is 17.4. The molecule has 1 aromatic carbocycles. The van der Waals surface area contributed by atoms with E-state index in [0.717, 1.165) is 14.9 Å². The predicted octanol–water partition coefficient (Wildman–Crippen LogP) is 3.68. The number of carbonyl (C=O) groups is 1. The van der Waals surface area contributed by atoms with E-state index in [-0.39, 0.29) is 17.8 Å². The van der Waals surface area contributed by atoms with Crippen LogP contribution in [0.1, 0.15) is 16.5 Å². The Morgan fingerprint density at radius 1 is 1.48 bits per heavy atom. The largest absolute Gasteiger partial charge is 0.371 e. The van der Waals surface area contributed by atoms with Crippen molar-refractivity contribution in [2.24, 2.45) is 0 Å². The molecule has 0 spiro atoms. The Balaban J connectivity index is 1.55. The van der Waals surface area contributed by atoms with Crippen LogP contribution >= 0.6 is 27.3 Å². The normalized spacial score (nSPS) is 18.3. The highest BCUT2D eigenvalue weighted by molar-refractivity contribution is 9.10. The van der Waals surface area contributed by atoms with Crippen molar-refractivity contribution < 1.29 is 13.9 Å². The molecule has 2 heterocycles. The number of nitrogens with zero attached hydrogens (tertiary/aromatic N) is 2. The average molecular weight is 427 g/mol. The topological polar surface area (TPSA) is 32.8 Å². The monoisotopic (exact) mass is 426 g/mol. The van der Waals surface area contributed by atoms with Crippen molar-refractivity contribution in [3.05, 3.63) is 56.4 Å². The second kappa shape index (κ2) is 8.40. The smallest absolute Gasteiger partial charge is 0.236 e. The van der Waals surface area contributed by atoms with Gasteiger partial charge in [0.05, 0.1) is 25.8 Å². The average Bonchev–Trinajstić information content (AvgIpc) is 3.00. The maximum Gasteiger partial charge on any atom is 0.236 e. The zero-order valence-corrected chi connectivity index (χ0v) is 16.4. The number of ether oxygens (including phenoxy) is 1. The first kappa shape index (κ1) is 18.5. The molecular weight excluding hydrogens is 407 g/mol. The Bertz CT molecular complexity index is 739. The van der Waals surface area contributed by atoms with Crippen LogP contribution in [-0.2, 0) is 16.1 Å². The molecule has 1 aliphatic rings. The van der Waals surface area contributed by atoms with Crippen LogP contribution in [0, 0.1) is 5.82 Å². The molecule has 134 valence electrons. The summed E-state index contributed by atoms with van der Waals surface area (Å²) in [5.41, 5.74) is 0.814. The molecule has 1 aliphatic heterocycles. The summed E-state index contributed by atoms with van der Waals surface area (Å²) in [5, 5.41) is 2.01. The Labute approximate surface area is 159 Å². The van der Waals surface area contributed by atoms with Crippen LogP contribution in [0.3, 0.4) is 0 Å². The molecule has 4 nitrogen and oxygen atoms in total. The van der Waals surface area contributed by atoms with Gasteiger partial charge in [0.25, 0.3) is 0 Å². The highest BCUT2D eigenvalue weighted by Crippen LogP contribution is 2.23. The summed E-state index contributed by atoms with van der Waals surface area (Å²) in [6, 6.07) is 8.50. The molecule has 1 saturated heterocycles. The maximum atomic E-state index is 13.4. The summed E-state index contributed by atoms with van der Waals surface area (Å²) < 4.78 is 20.2. The molecule has 7 heteroatoms. The van der Waals surface area contributed by atoms with Gasteiger partial charge in [-0.2, -0.15) is 0 Å². The minimum atomic E-state index is -0.267. The van der Waals surface area contributed by atoms with Gasteiger partial charge in [-0.3, -0.25) is 9.69 Å². The maximum absolute atomic E-state index is 13.4. The van der Waals surface area contributed by atoms with Gasteiger partial charge in [0, 0.05) is 34.9 Å². The van der Waals surface area contributed by atoms with Crippen LogP contribution in [0.5, 0.6) is 0 Å². The summed E-state index contributed by atoms with van der Waals surface area (Å²) in [5.74, 6) is -0.194. The molecule has 2 aromatic rings. The Morgan fingerprint density at radius 2 is 2.32 bits per heavy atom. The van der Waals surface area contributed by atoms with Crippen LogP contribution in [-0.4, -0.2) is 49.0 Å². The second-order valence-corrected chi connectivity index (χ2v) is 8.04. The van der Waals surface area contributed by atoms with Crippen LogP contribution in [0.4, 0.5) is 4.39 Å². The molecular formula is C18H20BrFN2O2S. The first-order chi connectivity index (χ1) is 12.0. The molecule has 3 rings (SSSR count). The van der Waals surface area contributed by atoms with Gasteiger partial charge >= 0.3 is 0 Å². The van der Waals surface area contributed by atoms with Crippen LogP contribution < -0.4 is 0 Å². The summed E-state index contributed by atoms with van der Waals surface area (Å²) >= 11 is 5.06. The lowest BCUT2D eigenvalue weighted by Gasteiger charge is -2.33. The number of hydrogen-bond acceptors (Lipinski definition) is 4. The van der Waals surface area contributed by atoms with Gasteiger partial charge in [-0.15, -0.1) is 11.3 Å². The molecule has 1 unspecified atom stereocenters. The van der Waals surface area contributed by atoms with Crippen LogP contribution in [0.15, 0.2) is 40.2 Å². The van der Waals surface area contributed by atoms with Crippen molar-refractivity contribution in [2.75, 3.05) is 33.3 Å². The number of morpholine rings is 1. The number of carbonyl (C=O) groups excluding carboxylic acids is 1. The fourth-order valence-corrected chi connectivity index (χ4v) is 4.33. The molecule has 0 bridgehead atoms. The number of halogens is 2. The van der Waals surface area contributed by atoms with Crippen molar-refractivity contribution in [3.8, 4) is 0 Å². The van der Waals surface area contributed by atoms with E-state index in [4.69, 9.17) is 4.74 Å². The van der Waals surface area contributed by atoms with Crippen molar-refractivity contribution >= 4 is 33.2 Å². The third kappa shape index (κ3) is 5.10. The van der Waals surface area contributed by atoms with Crippen molar-refractivity contribution in [1.29, 1.82) is 0 Å². The van der Waals surface area contributed by atoms with E-state index in [9.17, 15) is 9.18 Å². The standard InChI is InChI=1S/C18H20BrFN2O2S/c1-21(9-16-8-14(19)12-25-16)18(23)11-22-5-6-24-17(10-22)13-3-2-4-15(20)7-13/h2-4,7-8,12,17H,5-6,9-11H2,1H3. The van der Waals surface area contributed by atoms with Crippen molar-refractivity contribution in [2.45, 2.75) is 12.6 Å². The Kier molecular flexibility index (Phi) is 6.22. The lowest BCUT2D eigenvalue weighted by Crippen LogP contribution is -2.44. The van der Waals surface area contributed by atoms with Gasteiger partial charge in [0.2, 0.25) is 5.91 Å². The number of rotatable bonds is 5. The lowest BCUT2D eigenvalue weighted by molar-refractivity contribution is -0.133. The molecule has 1 aromatic heterocycles. The summed E-state index contributed by atoms with van der Waals surface area (Å²) in [7, 11) is 1.82. The predicted molar refractivity (Wildman–Crippen MR) is 100 cm³/mol. The quantitative estimate of drug-likeness (QED) is 0.730. The highest BCUT2D eigenvalue weighted by atomic mass is 79.9. The van der Waals surface area contributed by atoms with Crippen LogP contribution in [0.2, 0.25) is 0 Å². The van der Waals surface area contributed by atoms with Gasteiger partial charge in [0.1, 0.15) is 5.82 Å². The molecule has 1 atom stereocenters. The Hall–Kier alpha value is -1.28. The van der Waals surface area contributed by atoms with E-state index >= 15 is 0 Å². The number of amides is 1. The Morgan fingerprint density at radius 3 is 3.04 bits per heavy atom. The van der Waals surface area contributed by atoms with E-state index in [1.54, 1.807) is 22.3 Å². The third-order valence-electron chi connectivity index (χ3n) is 4.17. The van der Waals surface area contributed by atoms with Gasteiger partial charge in [0.15, 0.2) is 0 Å². The minimum absolute atomic E-state index is 0.0735. The van der Waals surface area contributed by atoms with E-state index < -0.39 is 0 Å². The molecule has 1 amide bonds. The van der Waals surface area contributed by atoms with E-state index in [2.05, 4.69) is 20.8 Å². The molecule has 0 radical (unpaired) electrons. The first-order valence-electron chi connectivity index (χ1n) is 8.07. The lowest BCUT2D eigenvalue weighted by atomic mass is 10.1. The van der Waals surface area contributed by atoms with Gasteiger partial charge in [-0.25, -0.2) is 4.39 Å². The SMILES string of the molecule is CN(Cc1cc(Br)cs1)C(=O)CN1CCOC(c2cccc(F)c2)C1. The van der Waals surface area contributed by atoms with E-state index in [1.165, 1.54) is 12.1 Å². The fourth-order valence-electron chi connectivity index (χ4n) is 2.83. The first-order valence-corrected chi connectivity index (χ1v) is 9.75. The van der Waals surface area contributed by atoms with Crippen LogP contribution in [0.25, 0.3) is 0 Å². The summed E-state index contributed by atoms with van der Waals surface area (Å²) in [6.45, 7) is 2.78. The summed E-state index contributed by atoms with van der Waals surface area (Å²) in [6.07, 6.45) is -0.198. The zero-order valence-electron chi connectivity index (χ0n) is 14.0. The van der Waals surface area contributed by atoms with E-state index in [1.807, 2.05) is 24.6 Å². The number of benzene rings is 1. The molecule has 1 fully saturated rings. The molecule has 0 saturated carbocycles. The zero-order chi connectivity index (χ0) is 17.8. The number of likely N-dealkylation sites (N-methyl/N-ethyl adjacent to an activating group) is 1. The van der Waals surface area contributed by atoms with E-state index in [0.29, 0.717) is 32.8 Å². The number of thiophene rings is 1.